The zero-order valence-corrected chi connectivity index (χ0v) is 17.3. The molecule has 27 heavy (non-hydrogen) atoms. The summed E-state index contributed by atoms with van der Waals surface area (Å²) in [6.07, 6.45) is 3.02. The Bertz CT molecular complexity index is 792. The second-order valence-corrected chi connectivity index (χ2v) is 9.24. The summed E-state index contributed by atoms with van der Waals surface area (Å²) in [6, 6.07) is 3.79. The van der Waals surface area contributed by atoms with Gasteiger partial charge in [0.05, 0.1) is 27.2 Å². The molecule has 2 amide bonds. The van der Waals surface area contributed by atoms with Crippen LogP contribution in [0.1, 0.15) is 25.0 Å². The second-order valence-electron chi connectivity index (χ2n) is 6.67. The lowest BCUT2D eigenvalue weighted by Crippen LogP contribution is -2.42. The van der Waals surface area contributed by atoms with E-state index in [0.29, 0.717) is 6.54 Å². The third kappa shape index (κ3) is 6.00. The minimum absolute atomic E-state index is 0.0234. The summed E-state index contributed by atoms with van der Waals surface area (Å²) < 4.78 is 0.732. The second kappa shape index (κ2) is 9.64. The number of likely N-dealkylation sites (tertiary alicyclic amines) is 1. The molecule has 1 aliphatic rings. The Morgan fingerprint density at radius 3 is 3.00 bits per heavy atom. The molecule has 3 N–H and O–H groups in total. The Morgan fingerprint density at radius 2 is 2.26 bits per heavy atom. The predicted octanol–water partition coefficient (Wildman–Crippen LogP) is 2.77. The first-order valence-electron chi connectivity index (χ1n) is 9.00. The van der Waals surface area contributed by atoms with Crippen LogP contribution in [0.2, 0.25) is 4.34 Å². The number of thiazole rings is 1. The fourth-order valence-electron chi connectivity index (χ4n) is 3.18. The van der Waals surface area contributed by atoms with Crippen LogP contribution in [0.25, 0.3) is 9.88 Å². The zero-order chi connectivity index (χ0) is 19.2. The van der Waals surface area contributed by atoms with Gasteiger partial charge >= 0.3 is 0 Å². The Kier molecular flexibility index (Phi) is 7.23. The molecule has 2 aromatic rings. The molecule has 1 aliphatic heterocycles. The molecule has 1 unspecified atom stereocenters. The van der Waals surface area contributed by atoms with Gasteiger partial charge in [-0.2, -0.15) is 0 Å². The maximum atomic E-state index is 12.1. The van der Waals surface area contributed by atoms with Gasteiger partial charge < -0.3 is 16.0 Å². The molecule has 0 spiro atoms. The van der Waals surface area contributed by atoms with E-state index in [9.17, 15) is 9.59 Å². The van der Waals surface area contributed by atoms with Crippen LogP contribution >= 0.6 is 34.3 Å². The first kappa shape index (κ1) is 20.3. The Hall–Kier alpha value is -1.48. The van der Waals surface area contributed by atoms with Crippen molar-refractivity contribution in [1.29, 1.82) is 0 Å². The number of piperidine rings is 1. The van der Waals surface area contributed by atoms with Crippen LogP contribution in [-0.2, 0) is 16.0 Å². The molecule has 1 fully saturated rings. The Balaban J connectivity index is 1.36. The van der Waals surface area contributed by atoms with E-state index in [2.05, 4.69) is 15.2 Å². The Labute approximate surface area is 171 Å². The van der Waals surface area contributed by atoms with E-state index in [1.165, 1.54) is 22.7 Å². The molecule has 6 nitrogen and oxygen atoms in total. The van der Waals surface area contributed by atoms with Crippen LogP contribution in [0.15, 0.2) is 17.5 Å². The van der Waals surface area contributed by atoms with Gasteiger partial charge in [-0.1, -0.05) is 11.6 Å². The summed E-state index contributed by atoms with van der Waals surface area (Å²) in [5.41, 5.74) is 6.18. The van der Waals surface area contributed by atoms with Gasteiger partial charge in [-0.05, 0) is 44.5 Å². The van der Waals surface area contributed by atoms with Crippen LogP contribution in [-0.4, -0.2) is 47.9 Å². The van der Waals surface area contributed by atoms with Crippen molar-refractivity contribution in [2.75, 3.05) is 26.2 Å². The SMILES string of the molecule is NC(=O)C1CCCN(CCCNC(=O)Cc2csc(-c3ccc(Cl)s3)n2)C1. The molecule has 0 bridgehead atoms. The van der Waals surface area contributed by atoms with E-state index in [4.69, 9.17) is 17.3 Å². The van der Waals surface area contributed by atoms with Gasteiger partial charge in [0.2, 0.25) is 11.8 Å². The predicted molar refractivity (Wildman–Crippen MR) is 110 cm³/mol. The van der Waals surface area contributed by atoms with Crippen LogP contribution in [0.3, 0.4) is 0 Å². The molecular formula is C18H23ClN4O2S2. The average molecular weight is 427 g/mol. The van der Waals surface area contributed by atoms with Crippen LogP contribution in [0.4, 0.5) is 0 Å². The van der Waals surface area contributed by atoms with Gasteiger partial charge in [0.15, 0.2) is 0 Å². The van der Waals surface area contributed by atoms with Gasteiger partial charge in [0, 0.05) is 18.5 Å². The summed E-state index contributed by atoms with van der Waals surface area (Å²) in [5, 5.41) is 5.76. The number of hydrogen-bond acceptors (Lipinski definition) is 6. The third-order valence-corrected chi connectivity index (χ3v) is 6.85. The van der Waals surface area contributed by atoms with Crippen LogP contribution in [0, 0.1) is 5.92 Å². The van der Waals surface area contributed by atoms with Crippen LogP contribution < -0.4 is 11.1 Å². The molecule has 3 rings (SSSR count). The molecule has 2 aromatic heterocycles. The van der Waals surface area contributed by atoms with Crippen molar-refractivity contribution in [3.8, 4) is 9.88 Å². The molecule has 0 radical (unpaired) electrons. The normalized spacial score (nSPS) is 17.7. The van der Waals surface area contributed by atoms with Crippen molar-refractivity contribution >= 4 is 46.1 Å². The average Bonchev–Trinajstić information content (AvgIpc) is 3.28. The highest BCUT2D eigenvalue weighted by molar-refractivity contribution is 7.23. The van der Waals surface area contributed by atoms with Crippen molar-refractivity contribution in [2.24, 2.45) is 11.7 Å². The number of nitrogens with two attached hydrogens (primary N) is 1. The topological polar surface area (TPSA) is 88.3 Å². The van der Waals surface area contributed by atoms with Gasteiger partial charge in [-0.25, -0.2) is 4.98 Å². The van der Waals surface area contributed by atoms with Crippen molar-refractivity contribution in [3.63, 3.8) is 0 Å². The number of thiophene rings is 1. The molecule has 3 heterocycles. The third-order valence-electron chi connectivity index (χ3n) is 4.56. The summed E-state index contributed by atoms with van der Waals surface area (Å²) in [5.74, 6) is -0.268. The number of aromatic nitrogens is 1. The largest absolute Gasteiger partial charge is 0.369 e. The minimum Gasteiger partial charge on any atom is -0.369 e. The summed E-state index contributed by atoms with van der Waals surface area (Å²) in [6.45, 7) is 3.21. The molecule has 146 valence electrons. The Morgan fingerprint density at radius 1 is 1.41 bits per heavy atom. The van der Waals surface area contributed by atoms with Crippen molar-refractivity contribution in [2.45, 2.75) is 25.7 Å². The number of hydrogen-bond donors (Lipinski definition) is 2. The smallest absolute Gasteiger partial charge is 0.226 e. The quantitative estimate of drug-likeness (QED) is 0.635. The van der Waals surface area contributed by atoms with Gasteiger partial charge in [0.25, 0.3) is 0 Å². The summed E-state index contributed by atoms with van der Waals surface area (Å²) in [7, 11) is 0. The van der Waals surface area contributed by atoms with E-state index in [0.717, 1.165) is 58.8 Å². The monoisotopic (exact) mass is 426 g/mol. The molecule has 1 saturated heterocycles. The fraction of sp³-hybridized carbons (Fsp3) is 0.500. The number of amides is 2. The molecule has 0 aliphatic carbocycles. The van der Waals surface area contributed by atoms with E-state index in [-0.39, 0.29) is 24.2 Å². The van der Waals surface area contributed by atoms with Crippen molar-refractivity contribution < 1.29 is 9.59 Å². The van der Waals surface area contributed by atoms with Gasteiger partial charge in [-0.15, -0.1) is 22.7 Å². The maximum absolute atomic E-state index is 12.1. The minimum atomic E-state index is -0.208. The first-order valence-corrected chi connectivity index (χ1v) is 11.1. The number of carbonyl (C=O) groups excluding carboxylic acids is 2. The number of nitrogens with one attached hydrogen (secondary N) is 1. The zero-order valence-electron chi connectivity index (χ0n) is 14.9. The van der Waals surface area contributed by atoms with Gasteiger partial charge in [0.1, 0.15) is 5.01 Å². The number of rotatable bonds is 8. The lowest BCUT2D eigenvalue weighted by atomic mass is 9.97. The van der Waals surface area contributed by atoms with E-state index < -0.39 is 0 Å². The highest BCUT2D eigenvalue weighted by Crippen LogP contribution is 2.32. The number of halogens is 1. The molecule has 0 aromatic carbocycles. The lowest BCUT2D eigenvalue weighted by molar-refractivity contribution is -0.123. The lowest BCUT2D eigenvalue weighted by Gasteiger charge is -2.31. The highest BCUT2D eigenvalue weighted by Gasteiger charge is 2.23. The van der Waals surface area contributed by atoms with E-state index >= 15 is 0 Å². The van der Waals surface area contributed by atoms with Gasteiger partial charge in [-0.3, -0.25) is 9.59 Å². The highest BCUT2D eigenvalue weighted by atomic mass is 35.5. The summed E-state index contributed by atoms with van der Waals surface area (Å²) >= 11 is 8.97. The van der Waals surface area contributed by atoms with Crippen molar-refractivity contribution in [3.05, 3.63) is 27.5 Å². The number of carbonyl (C=O) groups is 2. The molecule has 9 heteroatoms. The summed E-state index contributed by atoms with van der Waals surface area (Å²) in [4.78, 5) is 31.2. The van der Waals surface area contributed by atoms with Crippen LogP contribution in [0.5, 0.6) is 0 Å². The number of primary amides is 1. The molecular weight excluding hydrogens is 404 g/mol. The molecule has 0 saturated carbocycles. The standard InChI is InChI=1S/C18H23ClN4O2S2/c19-15-5-4-14(27-15)18-22-13(11-26-18)9-16(24)21-6-2-8-23-7-1-3-12(10-23)17(20)25/h4-5,11-12H,1-3,6-10H2,(H2,20,25)(H,21,24). The van der Waals surface area contributed by atoms with E-state index in [1.54, 1.807) is 0 Å². The number of nitrogens with zero attached hydrogens (tertiary/aromatic N) is 2. The maximum Gasteiger partial charge on any atom is 0.226 e. The fourth-order valence-corrected chi connectivity index (χ4v) is 5.11. The molecule has 1 atom stereocenters. The first-order chi connectivity index (χ1) is 13.0. The van der Waals surface area contributed by atoms with Crippen molar-refractivity contribution in [1.82, 2.24) is 15.2 Å². The van der Waals surface area contributed by atoms with E-state index in [1.807, 2.05) is 17.5 Å².